The van der Waals surface area contributed by atoms with Crippen LogP contribution < -0.4 is 5.32 Å². The van der Waals surface area contributed by atoms with Gasteiger partial charge in [-0.3, -0.25) is 0 Å². The van der Waals surface area contributed by atoms with Gasteiger partial charge < -0.3 is 5.32 Å². The lowest BCUT2D eigenvalue weighted by Crippen LogP contribution is -2.52. The van der Waals surface area contributed by atoms with E-state index in [4.69, 9.17) is 0 Å². The normalized spacial score (nSPS) is 19.5. The van der Waals surface area contributed by atoms with E-state index in [1.165, 1.54) is 24.1 Å². The maximum absolute atomic E-state index is 11.7. The third-order valence-corrected chi connectivity index (χ3v) is 6.35. The highest BCUT2D eigenvalue weighted by Crippen LogP contribution is 2.26. The zero-order valence-corrected chi connectivity index (χ0v) is 14.1. The average Bonchev–Trinajstić information content (AvgIpc) is 2.45. The second-order valence-corrected chi connectivity index (χ2v) is 8.47. The highest BCUT2D eigenvalue weighted by atomic mass is 32.2. The summed E-state index contributed by atoms with van der Waals surface area (Å²) in [7, 11) is -3.02. The molecule has 1 aliphatic heterocycles. The van der Waals surface area contributed by atoms with Gasteiger partial charge in [-0.15, -0.1) is 0 Å². The molecule has 6 nitrogen and oxygen atoms in total. The first-order valence-corrected chi connectivity index (χ1v) is 9.68. The van der Waals surface area contributed by atoms with Crippen LogP contribution in [0.4, 0.5) is 5.82 Å². The number of aromatic nitrogens is 2. The molecular formula is C15H24N4O2S. The lowest BCUT2D eigenvalue weighted by atomic mass is 9.96. The van der Waals surface area contributed by atoms with E-state index in [0.29, 0.717) is 19.0 Å². The van der Waals surface area contributed by atoms with Crippen molar-refractivity contribution in [3.63, 3.8) is 0 Å². The fourth-order valence-corrected chi connectivity index (χ4v) is 4.41. The monoisotopic (exact) mass is 324 g/mol. The smallest absolute Gasteiger partial charge is 0.213 e. The number of sulfonamides is 1. The summed E-state index contributed by atoms with van der Waals surface area (Å²) in [5.74, 6) is 2.33. The minimum Gasteiger partial charge on any atom is -0.369 e. The molecule has 7 heteroatoms. The number of nitrogens with one attached hydrogen (secondary N) is 1. The summed E-state index contributed by atoms with van der Waals surface area (Å²) in [5.41, 5.74) is 2.44. The Morgan fingerprint density at radius 3 is 2.68 bits per heavy atom. The largest absolute Gasteiger partial charge is 0.369 e. The van der Waals surface area contributed by atoms with Gasteiger partial charge in [-0.2, -0.15) is 0 Å². The first kappa shape index (κ1) is 15.7. The Labute approximate surface area is 132 Å². The van der Waals surface area contributed by atoms with Gasteiger partial charge >= 0.3 is 0 Å². The minimum atomic E-state index is -3.02. The van der Waals surface area contributed by atoms with Crippen LogP contribution in [0.25, 0.3) is 0 Å². The van der Waals surface area contributed by atoms with E-state index in [2.05, 4.69) is 15.3 Å². The second kappa shape index (κ2) is 6.12. The van der Waals surface area contributed by atoms with Crippen LogP contribution in [0, 0.1) is 12.8 Å². The number of aryl methyl sites for hydroxylation is 2. The number of nitrogens with zero attached hydrogens (tertiary/aromatic N) is 3. The molecule has 1 saturated heterocycles. The summed E-state index contributed by atoms with van der Waals surface area (Å²) in [4.78, 5) is 9.10. The lowest BCUT2D eigenvalue weighted by molar-refractivity contribution is 0.212. The van der Waals surface area contributed by atoms with Crippen LogP contribution in [0.2, 0.25) is 0 Å². The molecule has 2 heterocycles. The van der Waals surface area contributed by atoms with Crippen LogP contribution >= 0.6 is 0 Å². The molecule has 0 amide bonds. The molecule has 122 valence electrons. The minimum absolute atomic E-state index is 0.186. The highest BCUT2D eigenvalue weighted by molar-refractivity contribution is 7.89. The standard InChI is InChI=1S/C15H24N4O2S/c1-3-22(20,21)19-9-12(10-19)8-16-15-13-6-4-5-7-14(13)17-11(2)18-15/h12H,3-10H2,1-2H3,(H,16,17,18). The molecule has 2 aliphatic rings. The van der Waals surface area contributed by atoms with Crippen molar-refractivity contribution in [2.24, 2.45) is 5.92 Å². The molecule has 0 atom stereocenters. The molecule has 0 bridgehead atoms. The predicted molar refractivity (Wildman–Crippen MR) is 86.4 cm³/mol. The maximum Gasteiger partial charge on any atom is 0.213 e. The molecule has 1 N–H and O–H groups in total. The molecule has 1 fully saturated rings. The Morgan fingerprint density at radius 2 is 1.95 bits per heavy atom. The summed E-state index contributed by atoms with van der Waals surface area (Å²) in [6.45, 7) is 5.64. The van der Waals surface area contributed by atoms with Gasteiger partial charge in [-0.25, -0.2) is 22.7 Å². The van der Waals surface area contributed by atoms with Gasteiger partial charge in [0.15, 0.2) is 0 Å². The molecule has 0 aromatic carbocycles. The summed E-state index contributed by atoms with van der Waals surface area (Å²) >= 11 is 0. The molecule has 0 saturated carbocycles. The number of hydrogen-bond donors (Lipinski definition) is 1. The first-order chi connectivity index (χ1) is 10.5. The molecule has 1 aliphatic carbocycles. The van der Waals surface area contributed by atoms with Gasteiger partial charge in [0.2, 0.25) is 10.0 Å². The summed E-state index contributed by atoms with van der Waals surface area (Å²) < 4.78 is 25.0. The average molecular weight is 324 g/mol. The quantitative estimate of drug-likeness (QED) is 0.885. The van der Waals surface area contributed by atoms with Crippen LogP contribution in [0.1, 0.15) is 36.8 Å². The highest BCUT2D eigenvalue weighted by Gasteiger charge is 2.34. The Morgan fingerprint density at radius 1 is 1.23 bits per heavy atom. The molecule has 0 spiro atoms. The molecular weight excluding hydrogens is 300 g/mol. The van der Waals surface area contributed by atoms with Crippen LogP contribution in [-0.2, 0) is 22.9 Å². The van der Waals surface area contributed by atoms with Crippen molar-refractivity contribution in [1.29, 1.82) is 0 Å². The van der Waals surface area contributed by atoms with Crippen molar-refractivity contribution < 1.29 is 8.42 Å². The van der Waals surface area contributed by atoms with Crippen LogP contribution in [0.3, 0.4) is 0 Å². The van der Waals surface area contributed by atoms with Crippen molar-refractivity contribution in [2.75, 3.05) is 30.7 Å². The van der Waals surface area contributed by atoms with Gasteiger partial charge in [0, 0.05) is 36.8 Å². The molecule has 1 aromatic heterocycles. The van der Waals surface area contributed by atoms with Gasteiger partial charge in [0.25, 0.3) is 0 Å². The van der Waals surface area contributed by atoms with Crippen molar-refractivity contribution in [3.05, 3.63) is 17.1 Å². The van der Waals surface area contributed by atoms with E-state index in [1.807, 2.05) is 6.92 Å². The van der Waals surface area contributed by atoms with E-state index in [0.717, 1.165) is 31.0 Å². The Kier molecular flexibility index (Phi) is 4.36. The third kappa shape index (κ3) is 3.10. The second-order valence-electron chi connectivity index (χ2n) is 6.22. The van der Waals surface area contributed by atoms with Gasteiger partial charge in [0.05, 0.1) is 5.75 Å². The number of fused-ring (bicyclic) bond motifs is 1. The summed E-state index contributed by atoms with van der Waals surface area (Å²) in [5, 5.41) is 3.43. The summed E-state index contributed by atoms with van der Waals surface area (Å²) in [6.07, 6.45) is 4.48. The molecule has 0 radical (unpaired) electrons. The number of anilines is 1. The predicted octanol–water partition coefficient (Wildman–Crippen LogP) is 1.36. The van der Waals surface area contributed by atoms with E-state index in [1.54, 1.807) is 11.2 Å². The van der Waals surface area contributed by atoms with Gasteiger partial charge in [-0.1, -0.05) is 0 Å². The Bertz CT molecular complexity index is 654. The fraction of sp³-hybridized carbons (Fsp3) is 0.733. The molecule has 22 heavy (non-hydrogen) atoms. The van der Waals surface area contributed by atoms with E-state index in [-0.39, 0.29) is 5.75 Å². The molecule has 1 aromatic rings. The van der Waals surface area contributed by atoms with E-state index < -0.39 is 10.0 Å². The topological polar surface area (TPSA) is 75.2 Å². The van der Waals surface area contributed by atoms with Crippen molar-refractivity contribution in [2.45, 2.75) is 39.5 Å². The maximum atomic E-state index is 11.7. The van der Waals surface area contributed by atoms with Crippen LogP contribution in [0.15, 0.2) is 0 Å². The van der Waals surface area contributed by atoms with Gasteiger partial charge in [0.1, 0.15) is 11.6 Å². The first-order valence-electron chi connectivity index (χ1n) is 8.07. The van der Waals surface area contributed by atoms with Crippen LogP contribution in [-0.4, -0.2) is 48.1 Å². The van der Waals surface area contributed by atoms with Crippen molar-refractivity contribution in [1.82, 2.24) is 14.3 Å². The van der Waals surface area contributed by atoms with Crippen molar-refractivity contribution >= 4 is 15.8 Å². The molecule has 3 rings (SSSR count). The number of hydrogen-bond acceptors (Lipinski definition) is 5. The summed E-state index contributed by atoms with van der Waals surface area (Å²) in [6, 6.07) is 0. The SMILES string of the molecule is CCS(=O)(=O)N1CC(CNc2nc(C)nc3c2CCCC3)C1. The van der Waals surface area contributed by atoms with Gasteiger partial charge in [-0.05, 0) is 39.5 Å². The van der Waals surface area contributed by atoms with E-state index in [9.17, 15) is 8.42 Å². The molecule has 0 unspecified atom stereocenters. The zero-order valence-electron chi connectivity index (χ0n) is 13.3. The Balaban J connectivity index is 1.61. The van der Waals surface area contributed by atoms with E-state index >= 15 is 0 Å². The Hall–Kier alpha value is -1.21. The third-order valence-electron chi connectivity index (χ3n) is 4.53. The lowest BCUT2D eigenvalue weighted by Gasteiger charge is -2.38. The fourth-order valence-electron chi connectivity index (χ4n) is 3.17. The van der Waals surface area contributed by atoms with Crippen LogP contribution in [0.5, 0.6) is 0 Å². The van der Waals surface area contributed by atoms with Crippen molar-refractivity contribution in [3.8, 4) is 0 Å². The number of rotatable bonds is 5. The zero-order chi connectivity index (χ0) is 15.7.